The maximum absolute atomic E-state index is 14.4. The van der Waals surface area contributed by atoms with Crippen LogP contribution in [0.3, 0.4) is 0 Å². The van der Waals surface area contributed by atoms with Gasteiger partial charge in [-0.2, -0.15) is 0 Å². The standard InChI is InChI=1S/C19H15ClFN3O2/c1-22-13-6-7-17(15(21)11-13)24(8-9-26-2)19(25)16-10-12-4-3-5-14(20)18(12)23-16/h3-7,10-11,23H,8-9H2,2H3. The minimum Gasteiger partial charge on any atom is -0.383 e. The van der Waals surface area contributed by atoms with Crippen LogP contribution in [-0.4, -0.2) is 31.2 Å². The Morgan fingerprint density at radius 2 is 2.15 bits per heavy atom. The van der Waals surface area contributed by atoms with Gasteiger partial charge in [0.15, 0.2) is 5.69 Å². The van der Waals surface area contributed by atoms with Crippen LogP contribution in [0.15, 0.2) is 42.5 Å². The van der Waals surface area contributed by atoms with E-state index in [1.807, 2.05) is 6.07 Å². The van der Waals surface area contributed by atoms with Gasteiger partial charge >= 0.3 is 0 Å². The number of para-hydroxylation sites is 1. The molecule has 5 nitrogen and oxygen atoms in total. The molecular formula is C19H15ClFN3O2. The van der Waals surface area contributed by atoms with Crippen molar-refractivity contribution in [3.63, 3.8) is 0 Å². The molecule has 1 aromatic heterocycles. The highest BCUT2D eigenvalue weighted by molar-refractivity contribution is 6.35. The number of fused-ring (bicyclic) bond motifs is 1. The van der Waals surface area contributed by atoms with Gasteiger partial charge in [-0.15, -0.1) is 0 Å². The summed E-state index contributed by atoms with van der Waals surface area (Å²) < 4.78 is 19.5. The summed E-state index contributed by atoms with van der Waals surface area (Å²) in [5.41, 5.74) is 1.19. The normalized spacial score (nSPS) is 10.7. The van der Waals surface area contributed by atoms with Gasteiger partial charge < -0.3 is 14.6 Å². The molecule has 0 radical (unpaired) electrons. The molecule has 0 bridgehead atoms. The summed E-state index contributed by atoms with van der Waals surface area (Å²) in [6.07, 6.45) is 0. The van der Waals surface area contributed by atoms with Crippen molar-refractivity contribution in [1.82, 2.24) is 4.98 Å². The lowest BCUT2D eigenvalue weighted by atomic mass is 10.2. The Labute approximate surface area is 154 Å². The van der Waals surface area contributed by atoms with Crippen molar-refractivity contribution in [2.45, 2.75) is 0 Å². The molecule has 0 aliphatic rings. The Bertz CT molecular complexity index is 1010. The summed E-state index contributed by atoms with van der Waals surface area (Å²) in [6, 6.07) is 11.0. The van der Waals surface area contributed by atoms with Crippen LogP contribution in [0.1, 0.15) is 10.5 Å². The second-order valence-electron chi connectivity index (χ2n) is 5.58. The molecule has 3 rings (SSSR count). The highest BCUT2D eigenvalue weighted by atomic mass is 35.5. The number of hydrogen-bond acceptors (Lipinski definition) is 2. The highest BCUT2D eigenvalue weighted by Gasteiger charge is 2.22. The van der Waals surface area contributed by atoms with Crippen molar-refractivity contribution < 1.29 is 13.9 Å². The topological polar surface area (TPSA) is 49.7 Å². The van der Waals surface area contributed by atoms with Crippen LogP contribution in [0.25, 0.3) is 15.7 Å². The fraction of sp³-hybridized carbons (Fsp3) is 0.158. The molecule has 0 saturated carbocycles. The third kappa shape index (κ3) is 3.40. The minimum absolute atomic E-state index is 0.0872. The summed E-state index contributed by atoms with van der Waals surface area (Å²) in [5, 5.41) is 1.29. The van der Waals surface area contributed by atoms with E-state index in [1.54, 1.807) is 18.2 Å². The monoisotopic (exact) mass is 371 g/mol. The average molecular weight is 372 g/mol. The molecule has 0 spiro atoms. The van der Waals surface area contributed by atoms with E-state index in [0.717, 1.165) is 11.5 Å². The maximum atomic E-state index is 14.4. The number of nitrogens with one attached hydrogen (secondary N) is 1. The van der Waals surface area contributed by atoms with E-state index >= 15 is 0 Å². The van der Waals surface area contributed by atoms with Crippen LogP contribution < -0.4 is 4.90 Å². The molecule has 0 atom stereocenters. The largest absolute Gasteiger partial charge is 0.383 e. The van der Waals surface area contributed by atoms with Crippen molar-refractivity contribution in [3.8, 4) is 0 Å². The zero-order chi connectivity index (χ0) is 18.7. The number of hydrogen-bond donors (Lipinski definition) is 1. The van der Waals surface area contributed by atoms with Crippen LogP contribution >= 0.6 is 11.6 Å². The summed E-state index contributed by atoms with van der Waals surface area (Å²) >= 11 is 6.15. The van der Waals surface area contributed by atoms with Crippen LogP contribution in [0.2, 0.25) is 5.02 Å². The van der Waals surface area contributed by atoms with Crippen molar-refractivity contribution in [3.05, 3.63) is 70.4 Å². The number of nitrogens with zero attached hydrogens (tertiary/aromatic N) is 2. The Morgan fingerprint density at radius 3 is 2.81 bits per heavy atom. The summed E-state index contributed by atoms with van der Waals surface area (Å²) in [5.74, 6) is -1.05. The molecule has 0 aliphatic heterocycles. The molecule has 3 aromatic rings. The van der Waals surface area contributed by atoms with Gasteiger partial charge in [0.25, 0.3) is 5.91 Å². The molecule has 1 heterocycles. The number of H-pyrrole nitrogens is 1. The number of methoxy groups -OCH3 is 1. The van der Waals surface area contributed by atoms with Crippen molar-refractivity contribution in [1.29, 1.82) is 0 Å². The fourth-order valence-corrected chi connectivity index (χ4v) is 2.91. The summed E-state index contributed by atoms with van der Waals surface area (Å²) in [4.78, 5) is 20.5. The van der Waals surface area contributed by atoms with Crippen molar-refractivity contribution in [2.24, 2.45) is 0 Å². The summed E-state index contributed by atoms with van der Waals surface area (Å²) in [6.45, 7) is 7.36. The molecule has 132 valence electrons. The van der Waals surface area contributed by atoms with E-state index < -0.39 is 11.7 Å². The van der Waals surface area contributed by atoms with Crippen LogP contribution in [-0.2, 0) is 4.74 Å². The number of aromatic nitrogens is 1. The van der Waals surface area contributed by atoms with E-state index in [2.05, 4.69) is 9.83 Å². The first-order valence-electron chi connectivity index (χ1n) is 7.80. The number of amides is 1. The van der Waals surface area contributed by atoms with Gasteiger partial charge in [0.2, 0.25) is 0 Å². The fourth-order valence-electron chi connectivity index (χ4n) is 2.68. The van der Waals surface area contributed by atoms with Gasteiger partial charge in [0.1, 0.15) is 11.5 Å². The van der Waals surface area contributed by atoms with Crippen molar-refractivity contribution >= 4 is 39.8 Å². The second kappa shape index (κ2) is 7.56. The van der Waals surface area contributed by atoms with Gasteiger partial charge in [-0.3, -0.25) is 4.79 Å². The number of ether oxygens (including phenoxy) is 1. The summed E-state index contributed by atoms with van der Waals surface area (Å²) in [7, 11) is 1.50. The van der Waals surface area contributed by atoms with Gasteiger partial charge in [0.05, 0.1) is 29.4 Å². The lowest BCUT2D eigenvalue weighted by molar-refractivity contribution is 0.0971. The maximum Gasteiger partial charge on any atom is 0.274 e. The first kappa shape index (κ1) is 17.9. The third-order valence-electron chi connectivity index (χ3n) is 3.95. The lowest BCUT2D eigenvalue weighted by Crippen LogP contribution is -2.34. The first-order valence-corrected chi connectivity index (χ1v) is 8.18. The van der Waals surface area contributed by atoms with E-state index in [0.29, 0.717) is 10.5 Å². The molecule has 0 unspecified atom stereocenters. The molecular weight excluding hydrogens is 357 g/mol. The predicted octanol–water partition coefficient (Wildman–Crippen LogP) is 4.80. The number of rotatable bonds is 5. The average Bonchev–Trinajstić information content (AvgIpc) is 3.08. The van der Waals surface area contributed by atoms with Gasteiger partial charge in [-0.1, -0.05) is 29.8 Å². The Hall–Kier alpha value is -2.88. The quantitative estimate of drug-likeness (QED) is 0.655. The van der Waals surface area contributed by atoms with Gasteiger partial charge in [-0.05, 0) is 24.3 Å². The molecule has 0 fully saturated rings. The molecule has 0 saturated heterocycles. The second-order valence-corrected chi connectivity index (χ2v) is 5.99. The van der Waals surface area contributed by atoms with E-state index in [-0.39, 0.29) is 30.2 Å². The number of carbonyl (C=O) groups is 1. The molecule has 1 N–H and O–H groups in total. The van der Waals surface area contributed by atoms with Crippen LogP contribution in [0, 0.1) is 12.4 Å². The number of aromatic amines is 1. The zero-order valence-electron chi connectivity index (χ0n) is 13.9. The number of anilines is 1. The Morgan fingerprint density at radius 1 is 1.35 bits per heavy atom. The Balaban J connectivity index is 2.02. The molecule has 26 heavy (non-hydrogen) atoms. The van der Waals surface area contributed by atoms with E-state index in [9.17, 15) is 9.18 Å². The lowest BCUT2D eigenvalue weighted by Gasteiger charge is -2.22. The highest BCUT2D eigenvalue weighted by Crippen LogP contribution is 2.28. The third-order valence-corrected chi connectivity index (χ3v) is 4.27. The van der Waals surface area contributed by atoms with Crippen LogP contribution in [0.4, 0.5) is 15.8 Å². The molecule has 1 amide bonds. The smallest absolute Gasteiger partial charge is 0.274 e. The van der Waals surface area contributed by atoms with Gasteiger partial charge in [0, 0.05) is 19.0 Å². The number of halogens is 2. The molecule has 7 heteroatoms. The van der Waals surface area contributed by atoms with Crippen molar-refractivity contribution in [2.75, 3.05) is 25.2 Å². The Kier molecular flexibility index (Phi) is 5.21. The van der Waals surface area contributed by atoms with Gasteiger partial charge in [-0.25, -0.2) is 9.24 Å². The SMILES string of the molecule is [C-]#[N+]c1ccc(N(CCOC)C(=O)c2cc3cccc(Cl)c3[nH]2)c(F)c1. The number of carbonyl (C=O) groups excluding carboxylic acids is 1. The van der Waals surface area contributed by atoms with Crippen LogP contribution in [0.5, 0.6) is 0 Å². The first-order chi connectivity index (χ1) is 12.5. The zero-order valence-corrected chi connectivity index (χ0v) is 14.7. The number of benzene rings is 2. The van der Waals surface area contributed by atoms with E-state index in [4.69, 9.17) is 22.9 Å². The molecule has 0 aliphatic carbocycles. The van der Waals surface area contributed by atoms with E-state index in [1.165, 1.54) is 24.1 Å². The predicted molar refractivity (Wildman–Crippen MR) is 99.5 cm³/mol. The minimum atomic E-state index is -0.642. The molecule has 2 aromatic carbocycles.